The van der Waals surface area contributed by atoms with Crippen molar-refractivity contribution in [3.05, 3.63) is 19.1 Å². The Morgan fingerprint density at radius 1 is 1.45 bits per heavy atom. The van der Waals surface area contributed by atoms with Crippen molar-refractivity contribution in [2.75, 3.05) is 0 Å². The summed E-state index contributed by atoms with van der Waals surface area (Å²) in [5, 5.41) is 18.6. The van der Waals surface area contributed by atoms with Crippen molar-refractivity contribution in [2.45, 2.75) is 32.5 Å². The van der Waals surface area contributed by atoms with E-state index in [-0.39, 0.29) is 5.92 Å². The Morgan fingerprint density at radius 2 is 2.00 bits per heavy atom. The summed E-state index contributed by atoms with van der Waals surface area (Å²) in [7, 11) is 0. The number of rotatable bonds is 4. The van der Waals surface area contributed by atoms with Crippen LogP contribution in [-0.4, -0.2) is 22.4 Å². The van der Waals surface area contributed by atoms with Crippen molar-refractivity contribution in [1.82, 2.24) is 0 Å². The van der Waals surface area contributed by atoms with E-state index in [4.69, 9.17) is 0 Å². The predicted octanol–water partition coefficient (Wildman–Crippen LogP) is 1.14. The van der Waals surface area contributed by atoms with Gasteiger partial charge in [0, 0.05) is 5.92 Å². The van der Waals surface area contributed by atoms with Crippen LogP contribution in [0.25, 0.3) is 0 Å². The van der Waals surface area contributed by atoms with Crippen molar-refractivity contribution in [2.24, 2.45) is 5.92 Å². The molecule has 0 aliphatic carbocycles. The maximum absolute atomic E-state index is 9.39. The van der Waals surface area contributed by atoms with Crippen LogP contribution in [-0.2, 0) is 0 Å². The van der Waals surface area contributed by atoms with Gasteiger partial charge in [-0.1, -0.05) is 19.1 Å². The first kappa shape index (κ1) is 10.7. The maximum atomic E-state index is 9.39. The van der Waals surface area contributed by atoms with Gasteiger partial charge in [-0.25, -0.2) is 0 Å². The standard InChI is InChI=1S/C9H17O2/c1-4-6-9(11)8(5-2)7(3)10/h4,6-11H,1,5H2,2-3H3. The Labute approximate surface area is 68.6 Å². The van der Waals surface area contributed by atoms with Gasteiger partial charge < -0.3 is 10.2 Å². The van der Waals surface area contributed by atoms with Crippen molar-refractivity contribution in [1.29, 1.82) is 0 Å². The van der Waals surface area contributed by atoms with Crippen LogP contribution in [0.1, 0.15) is 20.3 Å². The van der Waals surface area contributed by atoms with E-state index in [0.29, 0.717) is 0 Å². The first-order valence-corrected chi connectivity index (χ1v) is 3.95. The molecular formula is C9H17O2. The third-order valence-electron chi connectivity index (χ3n) is 1.86. The smallest absolute Gasteiger partial charge is 0.0773 e. The molecule has 0 heterocycles. The molecule has 65 valence electrons. The van der Waals surface area contributed by atoms with Crippen LogP contribution >= 0.6 is 0 Å². The molecule has 0 saturated carbocycles. The summed E-state index contributed by atoms with van der Waals surface area (Å²) < 4.78 is 0. The van der Waals surface area contributed by atoms with E-state index in [1.54, 1.807) is 19.1 Å². The van der Waals surface area contributed by atoms with E-state index in [1.807, 2.05) is 6.92 Å². The highest BCUT2D eigenvalue weighted by atomic mass is 16.3. The largest absolute Gasteiger partial charge is 0.393 e. The second-order valence-corrected chi connectivity index (χ2v) is 2.73. The minimum atomic E-state index is -0.572. The van der Waals surface area contributed by atoms with Gasteiger partial charge in [-0.3, -0.25) is 0 Å². The fraction of sp³-hybridized carbons (Fsp3) is 0.667. The van der Waals surface area contributed by atoms with Crippen molar-refractivity contribution in [3.63, 3.8) is 0 Å². The second kappa shape index (κ2) is 5.33. The molecule has 0 spiro atoms. The Bertz CT molecular complexity index is 119. The maximum Gasteiger partial charge on any atom is 0.0773 e. The average Bonchev–Trinajstić information content (AvgIpc) is 1.88. The minimum absolute atomic E-state index is 0.0759. The highest BCUT2D eigenvalue weighted by Crippen LogP contribution is 2.14. The third kappa shape index (κ3) is 3.54. The number of allylic oxidation sites excluding steroid dienone is 1. The minimum Gasteiger partial charge on any atom is -0.393 e. The molecule has 2 nitrogen and oxygen atoms in total. The van der Waals surface area contributed by atoms with E-state index in [1.165, 1.54) is 0 Å². The lowest BCUT2D eigenvalue weighted by molar-refractivity contribution is 0.0441. The summed E-state index contributed by atoms with van der Waals surface area (Å²) in [6.45, 7) is 7.11. The summed E-state index contributed by atoms with van der Waals surface area (Å²) in [5.74, 6) is -0.0759. The highest BCUT2D eigenvalue weighted by Gasteiger charge is 2.19. The summed E-state index contributed by atoms with van der Waals surface area (Å²) in [6, 6.07) is 0. The van der Waals surface area contributed by atoms with Crippen LogP contribution < -0.4 is 0 Å². The van der Waals surface area contributed by atoms with Gasteiger partial charge in [0.25, 0.3) is 0 Å². The molecule has 3 atom stereocenters. The molecule has 1 radical (unpaired) electrons. The third-order valence-corrected chi connectivity index (χ3v) is 1.86. The van der Waals surface area contributed by atoms with Gasteiger partial charge >= 0.3 is 0 Å². The number of aliphatic hydroxyl groups is 2. The summed E-state index contributed by atoms with van der Waals surface area (Å²) >= 11 is 0. The van der Waals surface area contributed by atoms with Crippen molar-refractivity contribution >= 4 is 0 Å². The fourth-order valence-electron chi connectivity index (χ4n) is 1.15. The quantitative estimate of drug-likeness (QED) is 0.642. The summed E-state index contributed by atoms with van der Waals surface area (Å²) in [5.41, 5.74) is 0. The van der Waals surface area contributed by atoms with Gasteiger partial charge in [0.15, 0.2) is 0 Å². The SMILES string of the molecule is [CH2]C=CC(O)C(CC)C(C)O. The molecule has 11 heavy (non-hydrogen) atoms. The van der Waals surface area contributed by atoms with Gasteiger partial charge in [-0.05, 0) is 20.3 Å². The van der Waals surface area contributed by atoms with E-state index >= 15 is 0 Å². The van der Waals surface area contributed by atoms with Crippen LogP contribution in [0, 0.1) is 12.8 Å². The van der Waals surface area contributed by atoms with Crippen LogP contribution in [0.3, 0.4) is 0 Å². The molecular weight excluding hydrogens is 140 g/mol. The van der Waals surface area contributed by atoms with Crippen LogP contribution in [0.15, 0.2) is 12.2 Å². The second-order valence-electron chi connectivity index (χ2n) is 2.73. The summed E-state index contributed by atoms with van der Waals surface area (Å²) in [6.07, 6.45) is 2.88. The van der Waals surface area contributed by atoms with Gasteiger partial charge in [0.2, 0.25) is 0 Å². The van der Waals surface area contributed by atoms with Crippen LogP contribution in [0.5, 0.6) is 0 Å². The normalized spacial score (nSPS) is 20.1. The van der Waals surface area contributed by atoms with E-state index < -0.39 is 12.2 Å². The lowest BCUT2D eigenvalue weighted by atomic mass is 9.94. The molecule has 2 N–H and O–H groups in total. The topological polar surface area (TPSA) is 40.5 Å². The predicted molar refractivity (Wildman–Crippen MR) is 46.0 cm³/mol. The average molecular weight is 157 g/mol. The fourth-order valence-corrected chi connectivity index (χ4v) is 1.15. The van der Waals surface area contributed by atoms with Gasteiger partial charge in [0.1, 0.15) is 0 Å². The molecule has 0 aliphatic heterocycles. The zero-order valence-corrected chi connectivity index (χ0v) is 7.20. The zero-order valence-electron chi connectivity index (χ0n) is 7.20. The zero-order chi connectivity index (χ0) is 8.85. The van der Waals surface area contributed by atoms with E-state index in [9.17, 15) is 10.2 Å². The van der Waals surface area contributed by atoms with Crippen molar-refractivity contribution < 1.29 is 10.2 Å². The highest BCUT2D eigenvalue weighted by molar-refractivity contribution is 4.94. The Morgan fingerprint density at radius 3 is 2.27 bits per heavy atom. The first-order valence-electron chi connectivity index (χ1n) is 3.95. The molecule has 2 heteroatoms. The lowest BCUT2D eigenvalue weighted by Gasteiger charge is -2.21. The Balaban J connectivity index is 4.02. The molecule has 0 aromatic carbocycles. The first-order chi connectivity index (χ1) is 5.13. The van der Waals surface area contributed by atoms with E-state index in [2.05, 4.69) is 6.92 Å². The molecule has 3 unspecified atom stereocenters. The van der Waals surface area contributed by atoms with Gasteiger partial charge in [-0.15, -0.1) is 0 Å². The molecule has 0 fully saturated rings. The molecule has 0 aliphatic rings. The Hall–Kier alpha value is -0.340. The Kier molecular flexibility index (Phi) is 5.16. The van der Waals surface area contributed by atoms with Crippen LogP contribution in [0.2, 0.25) is 0 Å². The van der Waals surface area contributed by atoms with Crippen molar-refractivity contribution in [3.8, 4) is 0 Å². The molecule has 0 bridgehead atoms. The molecule has 0 aromatic rings. The number of hydrogen-bond acceptors (Lipinski definition) is 2. The van der Waals surface area contributed by atoms with Crippen LogP contribution in [0.4, 0.5) is 0 Å². The van der Waals surface area contributed by atoms with E-state index in [0.717, 1.165) is 6.42 Å². The molecule has 0 amide bonds. The lowest BCUT2D eigenvalue weighted by Crippen LogP contribution is -2.27. The number of hydrogen-bond donors (Lipinski definition) is 2. The van der Waals surface area contributed by atoms with Gasteiger partial charge in [0.05, 0.1) is 12.2 Å². The summed E-state index contributed by atoms with van der Waals surface area (Å²) in [4.78, 5) is 0. The number of aliphatic hydroxyl groups excluding tert-OH is 2. The van der Waals surface area contributed by atoms with Gasteiger partial charge in [-0.2, -0.15) is 0 Å². The monoisotopic (exact) mass is 157 g/mol. The molecule has 0 saturated heterocycles. The molecule has 0 aromatic heterocycles. The molecule has 0 rings (SSSR count).